The molecule has 2 amide bonds. The molecule has 1 aromatic heterocycles. The molecule has 1 atom stereocenters. The SMILES string of the molecule is Cc1ncc(C(=O)N2CCOCC2)c(C2CCCN2C(=O)CCCc2ccc(F)cc2)n1. The van der Waals surface area contributed by atoms with Crippen molar-refractivity contribution in [3.8, 4) is 0 Å². The molecule has 0 bridgehead atoms. The van der Waals surface area contributed by atoms with E-state index in [1.807, 2.05) is 4.90 Å². The normalized spacial score (nSPS) is 18.8. The smallest absolute Gasteiger partial charge is 0.257 e. The number of amides is 2. The summed E-state index contributed by atoms with van der Waals surface area (Å²) in [5, 5.41) is 0. The van der Waals surface area contributed by atoms with E-state index in [1.54, 1.807) is 30.2 Å². The van der Waals surface area contributed by atoms with Gasteiger partial charge in [0, 0.05) is 32.3 Å². The van der Waals surface area contributed by atoms with Gasteiger partial charge in [-0.05, 0) is 50.3 Å². The Morgan fingerprint density at radius 2 is 1.91 bits per heavy atom. The maximum atomic E-state index is 13.2. The molecule has 2 fully saturated rings. The van der Waals surface area contributed by atoms with E-state index in [2.05, 4.69) is 9.97 Å². The zero-order valence-electron chi connectivity index (χ0n) is 18.4. The first-order chi connectivity index (χ1) is 15.5. The first-order valence-electron chi connectivity index (χ1n) is 11.3. The average Bonchev–Trinajstić information content (AvgIpc) is 3.30. The predicted octanol–water partition coefficient (Wildman–Crippen LogP) is 3.08. The van der Waals surface area contributed by atoms with Gasteiger partial charge in [0.25, 0.3) is 5.91 Å². The molecular formula is C24H29FN4O3. The highest BCUT2D eigenvalue weighted by Gasteiger charge is 2.34. The summed E-state index contributed by atoms with van der Waals surface area (Å²) in [6.45, 7) is 4.60. The molecule has 8 heteroatoms. The summed E-state index contributed by atoms with van der Waals surface area (Å²) in [6.07, 6.45) is 5.08. The predicted molar refractivity (Wildman–Crippen MR) is 117 cm³/mol. The number of aryl methyl sites for hydroxylation is 2. The maximum absolute atomic E-state index is 13.2. The van der Waals surface area contributed by atoms with Crippen LogP contribution in [0.5, 0.6) is 0 Å². The molecule has 0 spiro atoms. The van der Waals surface area contributed by atoms with Gasteiger partial charge in [-0.15, -0.1) is 0 Å². The van der Waals surface area contributed by atoms with Crippen LogP contribution >= 0.6 is 0 Å². The molecule has 2 aliphatic heterocycles. The molecule has 0 N–H and O–H groups in total. The van der Waals surface area contributed by atoms with Crippen molar-refractivity contribution in [3.63, 3.8) is 0 Å². The van der Waals surface area contributed by atoms with Crippen molar-refractivity contribution in [2.75, 3.05) is 32.8 Å². The summed E-state index contributed by atoms with van der Waals surface area (Å²) < 4.78 is 18.4. The van der Waals surface area contributed by atoms with Crippen LogP contribution in [0.15, 0.2) is 30.5 Å². The molecule has 170 valence electrons. The van der Waals surface area contributed by atoms with Crippen LogP contribution in [0.3, 0.4) is 0 Å². The monoisotopic (exact) mass is 440 g/mol. The quantitative estimate of drug-likeness (QED) is 0.690. The number of rotatable bonds is 6. The Labute approximate surface area is 187 Å². The molecule has 0 aliphatic carbocycles. The highest BCUT2D eigenvalue weighted by molar-refractivity contribution is 5.95. The second kappa shape index (κ2) is 10.2. The van der Waals surface area contributed by atoms with E-state index in [0.29, 0.717) is 62.8 Å². The van der Waals surface area contributed by atoms with Crippen molar-refractivity contribution in [1.82, 2.24) is 19.8 Å². The number of morpholine rings is 1. The Morgan fingerprint density at radius 3 is 2.66 bits per heavy atom. The highest BCUT2D eigenvalue weighted by atomic mass is 19.1. The third-order valence-corrected chi connectivity index (χ3v) is 6.13. The number of aromatic nitrogens is 2. The molecule has 7 nitrogen and oxygen atoms in total. The summed E-state index contributed by atoms with van der Waals surface area (Å²) >= 11 is 0. The van der Waals surface area contributed by atoms with E-state index in [0.717, 1.165) is 24.8 Å². The molecule has 2 saturated heterocycles. The Kier molecular flexibility index (Phi) is 7.09. The summed E-state index contributed by atoms with van der Waals surface area (Å²) in [4.78, 5) is 38.7. The topological polar surface area (TPSA) is 75.6 Å². The van der Waals surface area contributed by atoms with E-state index in [1.165, 1.54) is 12.1 Å². The summed E-state index contributed by atoms with van der Waals surface area (Å²) in [7, 11) is 0. The Balaban J connectivity index is 1.46. The lowest BCUT2D eigenvalue weighted by Crippen LogP contribution is -2.41. The number of ether oxygens (including phenoxy) is 1. The summed E-state index contributed by atoms with van der Waals surface area (Å²) in [5.74, 6) is 0.302. The second-order valence-electron chi connectivity index (χ2n) is 8.35. The van der Waals surface area contributed by atoms with E-state index in [-0.39, 0.29) is 23.7 Å². The molecule has 4 rings (SSSR count). The lowest BCUT2D eigenvalue weighted by Gasteiger charge is -2.29. The third kappa shape index (κ3) is 5.12. The van der Waals surface area contributed by atoms with Gasteiger partial charge < -0.3 is 14.5 Å². The van der Waals surface area contributed by atoms with Gasteiger partial charge in [0.05, 0.1) is 30.5 Å². The largest absolute Gasteiger partial charge is 0.378 e. The number of nitrogens with zero attached hydrogens (tertiary/aromatic N) is 4. The lowest BCUT2D eigenvalue weighted by molar-refractivity contribution is -0.132. The Morgan fingerprint density at radius 1 is 1.16 bits per heavy atom. The van der Waals surface area contributed by atoms with Crippen LogP contribution in [-0.2, 0) is 16.0 Å². The molecule has 1 unspecified atom stereocenters. The van der Waals surface area contributed by atoms with Crippen LogP contribution in [0.2, 0.25) is 0 Å². The standard InChI is InChI=1S/C24H29FN4O3/c1-17-26-16-20(24(31)28-12-14-32-15-13-28)23(27-17)21-5-3-11-29(21)22(30)6-2-4-18-7-9-19(25)10-8-18/h7-10,16,21H,2-6,11-15H2,1H3. The van der Waals surface area contributed by atoms with Crippen molar-refractivity contribution >= 4 is 11.8 Å². The molecule has 2 aliphatic rings. The average molecular weight is 441 g/mol. The van der Waals surface area contributed by atoms with Crippen molar-refractivity contribution < 1.29 is 18.7 Å². The number of carbonyl (C=O) groups excluding carboxylic acids is 2. The van der Waals surface area contributed by atoms with Crippen LogP contribution in [-0.4, -0.2) is 64.4 Å². The van der Waals surface area contributed by atoms with Crippen molar-refractivity contribution in [2.45, 2.75) is 45.1 Å². The number of hydrogen-bond donors (Lipinski definition) is 0. The fourth-order valence-electron chi connectivity index (χ4n) is 4.43. The van der Waals surface area contributed by atoms with Gasteiger partial charge in [-0.2, -0.15) is 0 Å². The van der Waals surface area contributed by atoms with Gasteiger partial charge in [0.2, 0.25) is 5.91 Å². The summed E-state index contributed by atoms with van der Waals surface area (Å²) in [6, 6.07) is 6.18. The Bertz CT molecular complexity index is 960. The summed E-state index contributed by atoms with van der Waals surface area (Å²) in [5.41, 5.74) is 2.15. The van der Waals surface area contributed by atoms with E-state index in [9.17, 15) is 14.0 Å². The first-order valence-corrected chi connectivity index (χ1v) is 11.3. The molecule has 3 heterocycles. The van der Waals surface area contributed by atoms with E-state index >= 15 is 0 Å². The highest BCUT2D eigenvalue weighted by Crippen LogP contribution is 2.34. The second-order valence-corrected chi connectivity index (χ2v) is 8.35. The van der Waals surface area contributed by atoms with Crippen LogP contribution in [0, 0.1) is 12.7 Å². The molecule has 0 radical (unpaired) electrons. The molecule has 1 aromatic carbocycles. The number of carbonyl (C=O) groups is 2. The maximum Gasteiger partial charge on any atom is 0.257 e. The van der Waals surface area contributed by atoms with E-state index < -0.39 is 0 Å². The molecule has 32 heavy (non-hydrogen) atoms. The Hall–Kier alpha value is -2.87. The number of benzene rings is 1. The van der Waals surface area contributed by atoms with Gasteiger partial charge >= 0.3 is 0 Å². The minimum atomic E-state index is -0.257. The molecular weight excluding hydrogens is 411 g/mol. The molecule has 2 aromatic rings. The van der Waals surface area contributed by atoms with E-state index in [4.69, 9.17) is 4.74 Å². The zero-order chi connectivity index (χ0) is 22.5. The minimum absolute atomic E-state index is 0.0654. The van der Waals surface area contributed by atoms with Crippen LogP contribution < -0.4 is 0 Å². The van der Waals surface area contributed by atoms with Crippen molar-refractivity contribution in [1.29, 1.82) is 0 Å². The number of hydrogen-bond acceptors (Lipinski definition) is 5. The lowest BCUT2D eigenvalue weighted by atomic mass is 10.0. The van der Waals surface area contributed by atoms with Crippen LogP contribution in [0.4, 0.5) is 4.39 Å². The fourth-order valence-corrected chi connectivity index (χ4v) is 4.43. The zero-order valence-corrected chi connectivity index (χ0v) is 18.4. The molecule has 0 saturated carbocycles. The van der Waals surface area contributed by atoms with Crippen molar-refractivity contribution in [2.24, 2.45) is 0 Å². The minimum Gasteiger partial charge on any atom is -0.378 e. The van der Waals surface area contributed by atoms with Gasteiger partial charge in [0.1, 0.15) is 11.6 Å². The third-order valence-electron chi connectivity index (χ3n) is 6.13. The van der Waals surface area contributed by atoms with Crippen LogP contribution in [0.1, 0.15) is 59.2 Å². The van der Waals surface area contributed by atoms with Gasteiger partial charge in [-0.3, -0.25) is 9.59 Å². The number of likely N-dealkylation sites (tertiary alicyclic amines) is 1. The van der Waals surface area contributed by atoms with Crippen LogP contribution in [0.25, 0.3) is 0 Å². The van der Waals surface area contributed by atoms with Gasteiger partial charge in [-0.25, -0.2) is 14.4 Å². The first kappa shape index (κ1) is 22.3. The van der Waals surface area contributed by atoms with Crippen molar-refractivity contribution in [3.05, 3.63) is 58.9 Å². The van der Waals surface area contributed by atoms with Gasteiger partial charge in [0.15, 0.2) is 0 Å². The fraction of sp³-hybridized carbons (Fsp3) is 0.500. The number of halogens is 1. The van der Waals surface area contributed by atoms with Gasteiger partial charge in [-0.1, -0.05) is 12.1 Å².